The molecule has 1 saturated heterocycles. The molecule has 0 spiro atoms. The van der Waals surface area contributed by atoms with Gasteiger partial charge in [0.2, 0.25) is 0 Å². The van der Waals surface area contributed by atoms with Crippen molar-refractivity contribution in [3.8, 4) is 6.07 Å². The van der Waals surface area contributed by atoms with Gasteiger partial charge >= 0.3 is 0 Å². The highest BCUT2D eigenvalue weighted by molar-refractivity contribution is 4.98. The Balaban J connectivity index is 2.51. The van der Waals surface area contributed by atoms with Crippen LogP contribution in [0.1, 0.15) is 26.7 Å². The number of hydrogen-bond acceptors (Lipinski definition) is 3. The van der Waals surface area contributed by atoms with E-state index in [2.05, 4.69) is 11.4 Å². The maximum absolute atomic E-state index is 10.2. The number of nitriles is 1. The molecule has 0 aromatic heterocycles. The molecular weight excluding hydrogens is 166 g/mol. The Morgan fingerprint density at radius 2 is 2.00 bits per heavy atom. The zero-order valence-corrected chi connectivity index (χ0v) is 8.16. The van der Waals surface area contributed by atoms with E-state index in [1.165, 1.54) is 5.01 Å². The maximum atomic E-state index is 10.2. The van der Waals surface area contributed by atoms with E-state index in [0.29, 0.717) is 19.0 Å². The van der Waals surface area contributed by atoms with Crippen molar-refractivity contribution in [3.63, 3.8) is 0 Å². The highest BCUT2D eigenvalue weighted by Crippen LogP contribution is 2.34. The van der Waals surface area contributed by atoms with Gasteiger partial charge in [-0.1, -0.05) is 0 Å². The van der Waals surface area contributed by atoms with Gasteiger partial charge in [-0.25, -0.2) is 0 Å². The van der Waals surface area contributed by atoms with Crippen LogP contribution in [0.5, 0.6) is 0 Å². The van der Waals surface area contributed by atoms with Crippen LogP contribution in [-0.4, -0.2) is 18.1 Å². The van der Waals surface area contributed by atoms with E-state index in [1.54, 1.807) is 0 Å². The predicted molar refractivity (Wildman–Crippen MR) is 49.5 cm³/mol. The normalized spacial score (nSPS) is 19.6. The van der Waals surface area contributed by atoms with Gasteiger partial charge in [-0.15, -0.1) is 4.91 Å². The van der Waals surface area contributed by atoms with E-state index in [1.807, 2.05) is 13.8 Å². The van der Waals surface area contributed by atoms with Crippen LogP contribution >= 0.6 is 0 Å². The fourth-order valence-electron chi connectivity index (χ4n) is 1.76. The fraction of sp³-hybridized carbons (Fsp3) is 0.889. The smallest absolute Gasteiger partial charge is 0.0686 e. The summed E-state index contributed by atoms with van der Waals surface area (Å²) in [4.78, 5) is 10.2. The number of piperidine rings is 1. The number of hydrogen-bond donors (Lipinski definition) is 0. The third kappa shape index (κ3) is 2.18. The summed E-state index contributed by atoms with van der Waals surface area (Å²) in [6, 6.07) is 2.32. The van der Waals surface area contributed by atoms with Crippen molar-refractivity contribution >= 4 is 0 Å². The lowest BCUT2D eigenvalue weighted by atomic mass is 9.75. The lowest BCUT2D eigenvalue weighted by molar-refractivity contribution is 0.133. The van der Waals surface area contributed by atoms with Crippen LogP contribution in [-0.2, 0) is 0 Å². The van der Waals surface area contributed by atoms with Crippen LogP contribution in [0, 0.1) is 27.6 Å². The summed E-state index contributed by atoms with van der Waals surface area (Å²) in [6.45, 7) is 5.31. The molecule has 4 heteroatoms. The van der Waals surface area contributed by atoms with Crippen molar-refractivity contribution < 1.29 is 0 Å². The van der Waals surface area contributed by atoms with Gasteiger partial charge < -0.3 is 0 Å². The first-order valence-electron chi connectivity index (χ1n) is 4.59. The molecule has 0 aromatic carbocycles. The lowest BCUT2D eigenvalue weighted by Crippen LogP contribution is -2.35. The molecule has 0 atom stereocenters. The summed E-state index contributed by atoms with van der Waals surface area (Å²) in [5.41, 5.74) is -0.269. The molecular formula is C9H15N3O. The molecule has 0 amide bonds. The molecule has 13 heavy (non-hydrogen) atoms. The van der Waals surface area contributed by atoms with Gasteiger partial charge in [0.25, 0.3) is 0 Å². The maximum Gasteiger partial charge on any atom is 0.0686 e. The summed E-state index contributed by atoms with van der Waals surface area (Å²) >= 11 is 0. The van der Waals surface area contributed by atoms with Crippen molar-refractivity contribution in [1.29, 1.82) is 5.26 Å². The average molecular weight is 181 g/mol. The second kappa shape index (κ2) is 3.73. The van der Waals surface area contributed by atoms with Gasteiger partial charge in [0.05, 0.1) is 16.8 Å². The first-order valence-corrected chi connectivity index (χ1v) is 4.59. The van der Waals surface area contributed by atoms with Crippen LogP contribution < -0.4 is 0 Å². The molecule has 1 rings (SSSR count). The van der Waals surface area contributed by atoms with Crippen molar-refractivity contribution in [2.45, 2.75) is 26.7 Å². The predicted octanol–water partition coefficient (Wildman–Crippen LogP) is 1.93. The van der Waals surface area contributed by atoms with Crippen molar-refractivity contribution in [1.82, 2.24) is 5.01 Å². The Morgan fingerprint density at radius 3 is 2.38 bits per heavy atom. The molecule has 0 N–H and O–H groups in total. The summed E-state index contributed by atoms with van der Waals surface area (Å²) < 4.78 is 0. The molecule has 0 unspecified atom stereocenters. The van der Waals surface area contributed by atoms with E-state index < -0.39 is 0 Å². The molecule has 1 fully saturated rings. The fourth-order valence-corrected chi connectivity index (χ4v) is 1.76. The van der Waals surface area contributed by atoms with E-state index in [4.69, 9.17) is 5.26 Å². The summed E-state index contributed by atoms with van der Waals surface area (Å²) in [7, 11) is 0. The number of rotatable bonds is 2. The molecule has 0 aromatic rings. The first-order chi connectivity index (χ1) is 6.10. The SMILES string of the molecule is CC(C)(C#N)C1CCN(N=O)CC1. The molecule has 0 aliphatic carbocycles. The number of nitroso groups, excluding NO2 is 1. The van der Waals surface area contributed by atoms with Crippen LogP contribution in [0.25, 0.3) is 0 Å². The molecule has 0 radical (unpaired) electrons. The molecule has 1 aliphatic rings. The average Bonchev–Trinajstić information content (AvgIpc) is 2.18. The Hall–Kier alpha value is -1.11. The van der Waals surface area contributed by atoms with Gasteiger partial charge in [-0.3, -0.25) is 5.01 Å². The van der Waals surface area contributed by atoms with Gasteiger partial charge in [0.1, 0.15) is 0 Å². The Morgan fingerprint density at radius 1 is 1.46 bits per heavy atom. The Kier molecular flexibility index (Phi) is 2.86. The van der Waals surface area contributed by atoms with Gasteiger partial charge in [0.15, 0.2) is 0 Å². The third-order valence-corrected chi connectivity index (χ3v) is 2.90. The zero-order valence-electron chi connectivity index (χ0n) is 8.16. The quantitative estimate of drug-likeness (QED) is 0.611. The molecule has 0 saturated carbocycles. The molecule has 4 nitrogen and oxygen atoms in total. The molecule has 0 bridgehead atoms. The van der Waals surface area contributed by atoms with E-state index in [-0.39, 0.29) is 5.41 Å². The van der Waals surface area contributed by atoms with E-state index in [9.17, 15) is 4.91 Å². The monoisotopic (exact) mass is 181 g/mol. The zero-order chi connectivity index (χ0) is 9.90. The lowest BCUT2D eigenvalue weighted by Gasteiger charge is -2.34. The third-order valence-electron chi connectivity index (χ3n) is 2.90. The van der Waals surface area contributed by atoms with Crippen LogP contribution in [0.2, 0.25) is 0 Å². The van der Waals surface area contributed by atoms with Crippen LogP contribution in [0.15, 0.2) is 5.29 Å². The summed E-state index contributed by atoms with van der Waals surface area (Å²) in [5, 5.41) is 13.3. The highest BCUT2D eigenvalue weighted by Gasteiger charge is 2.32. The Labute approximate surface area is 78.5 Å². The second-order valence-corrected chi connectivity index (χ2v) is 4.14. The summed E-state index contributed by atoms with van der Waals surface area (Å²) in [5.74, 6) is 0.399. The molecule has 1 heterocycles. The molecule has 72 valence electrons. The topological polar surface area (TPSA) is 56.5 Å². The largest absolute Gasteiger partial charge is 0.261 e. The van der Waals surface area contributed by atoms with Gasteiger partial charge in [-0.2, -0.15) is 5.26 Å². The summed E-state index contributed by atoms with van der Waals surface area (Å²) in [6.07, 6.45) is 1.79. The number of nitrogens with zero attached hydrogens (tertiary/aromatic N) is 3. The van der Waals surface area contributed by atoms with Crippen LogP contribution in [0.4, 0.5) is 0 Å². The van der Waals surface area contributed by atoms with Crippen molar-refractivity contribution in [3.05, 3.63) is 4.91 Å². The minimum Gasteiger partial charge on any atom is -0.261 e. The van der Waals surface area contributed by atoms with Crippen LogP contribution in [0.3, 0.4) is 0 Å². The van der Waals surface area contributed by atoms with E-state index in [0.717, 1.165) is 12.8 Å². The van der Waals surface area contributed by atoms with Gasteiger partial charge in [-0.05, 0) is 32.6 Å². The standard InChI is InChI=1S/C9H15N3O/c1-9(2,7-10)8-3-5-12(11-13)6-4-8/h8H,3-6H2,1-2H3. The minimum atomic E-state index is -0.269. The first kappa shape index (κ1) is 9.97. The van der Waals surface area contributed by atoms with Crippen molar-refractivity contribution in [2.75, 3.05) is 13.1 Å². The van der Waals surface area contributed by atoms with E-state index >= 15 is 0 Å². The Bertz CT molecular complexity index is 224. The van der Waals surface area contributed by atoms with Crippen molar-refractivity contribution in [2.24, 2.45) is 16.6 Å². The van der Waals surface area contributed by atoms with Gasteiger partial charge in [0, 0.05) is 13.1 Å². The second-order valence-electron chi connectivity index (χ2n) is 4.14. The molecule has 1 aliphatic heterocycles. The minimum absolute atomic E-state index is 0.269. The highest BCUT2D eigenvalue weighted by atomic mass is 16.3.